The number of carbonyl (C=O) groups is 1. The molecule has 0 saturated carbocycles. The van der Waals surface area contributed by atoms with Gasteiger partial charge in [0.25, 0.3) is 0 Å². The quantitative estimate of drug-likeness (QED) is 0.680. The Bertz CT molecular complexity index is 970. The van der Waals surface area contributed by atoms with Crippen molar-refractivity contribution in [3.8, 4) is 0 Å². The fraction of sp³-hybridized carbons (Fsp3) is 0.368. The fourth-order valence-electron chi connectivity index (χ4n) is 3.09. The summed E-state index contributed by atoms with van der Waals surface area (Å²) < 4.78 is 7.11. The van der Waals surface area contributed by atoms with Gasteiger partial charge in [-0.05, 0) is 23.8 Å². The maximum Gasteiger partial charge on any atom is 0.220 e. The second-order valence-electron chi connectivity index (χ2n) is 6.55. The molecule has 2 aromatic heterocycles. The van der Waals surface area contributed by atoms with Crippen LogP contribution in [0.5, 0.6) is 0 Å². The summed E-state index contributed by atoms with van der Waals surface area (Å²) >= 11 is 6.12. The van der Waals surface area contributed by atoms with Crippen molar-refractivity contribution >= 4 is 29.0 Å². The Balaban J connectivity index is 1.38. The summed E-state index contributed by atoms with van der Waals surface area (Å²) in [4.78, 5) is 14.4. The first-order chi connectivity index (χ1) is 13.7. The molecule has 1 aromatic carbocycles. The number of rotatable bonds is 6. The molecule has 1 amide bonds. The van der Waals surface area contributed by atoms with Crippen molar-refractivity contribution < 1.29 is 9.53 Å². The second-order valence-corrected chi connectivity index (χ2v) is 6.95. The molecule has 4 rings (SSSR count). The Hall–Kier alpha value is -2.71. The summed E-state index contributed by atoms with van der Waals surface area (Å²) in [6.07, 6.45) is 0.754. The Morgan fingerprint density at radius 3 is 2.79 bits per heavy atom. The highest BCUT2D eigenvalue weighted by atomic mass is 35.5. The van der Waals surface area contributed by atoms with Crippen molar-refractivity contribution in [2.45, 2.75) is 19.4 Å². The first-order valence-electron chi connectivity index (χ1n) is 9.25. The van der Waals surface area contributed by atoms with E-state index >= 15 is 0 Å². The van der Waals surface area contributed by atoms with Gasteiger partial charge in [0.1, 0.15) is 5.82 Å². The van der Waals surface area contributed by atoms with Gasteiger partial charge in [-0.15, -0.1) is 15.3 Å². The summed E-state index contributed by atoms with van der Waals surface area (Å²) in [5, 5.41) is 16.5. The van der Waals surface area contributed by atoms with Gasteiger partial charge in [-0.1, -0.05) is 29.8 Å². The van der Waals surface area contributed by atoms with Crippen LogP contribution in [0.4, 0.5) is 5.82 Å². The number of carbonyl (C=O) groups excluding carboxylic acids is 1. The van der Waals surface area contributed by atoms with Crippen LogP contribution >= 0.6 is 11.6 Å². The number of nitrogens with one attached hydrogen (secondary N) is 1. The van der Waals surface area contributed by atoms with Gasteiger partial charge >= 0.3 is 0 Å². The van der Waals surface area contributed by atoms with Gasteiger partial charge in [-0.3, -0.25) is 4.79 Å². The molecule has 3 heterocycles. The molecule has 8 nitrogen and oxygen atoms in total. The molecule has 1 saturated heterocycles. The number of anilines is 1. The lowest BCUT2D eigenvalue weighted by Crippen LogP contribution is -2.37. The van der Waals surface area contributed by atoms with Gasteiger partial charge in [0.2, 0.25) is 5.91 Å². The van der Waals surface area contributed by atoms with Crippen LogP contribution in [0.2, 0.25) is 5.02 Å². The minimum absolute atomic E-state index is 0.0685. The molecule has 146 valence electrons. The Kier molecular flexibility index (Phi) is 5.68. The van der Waals surface area contributed by atoms with Crippen LogP contribution in [-0.2, 0) is 22.5 Å². The lowest BCUT2D eigenvalue weighted by atomic mass is 10.2. The number of ether oxygens (including phenoxy) is 1. The molecule has 0 aliphatic carbocycles. The summed E-state index contributed by atoms with van der Waals surface area (Å²) in [7, 11) is 0. The predicted molar refractivity (Wildman–Crippen MR) is 105 cm³/mol. The number of halogens is 1. The molecule has 1 N–H and O–H groups in total. The molecular formula is C19H21ClN6O2. The summed E-state index contributed by atoms with van der Waals surface area (Å²) in [6.45, 7) is 3.40. The van der Waals surface area contributed by atoms with E-state index in [0.29, 0.717) is 49.1 Å². The zero-order valence-electron chi connectivity index (χ0n) is 15.3. The van der Waals surface area contributed by atoms with Gasteiger partial charge in [0, 0.05) is 37.5 Å². The fourth-order valence-corrected chi connectivity index (χ4v) is 3.29. The summed E-state index contributed by atoms with van der Waals surface area (Å²) in [5.41, 5.74) is 1.56. The number of nitrogens with zero attached hydrogens (tertiary/aromatic N) is 5. The van der Waals surface area contributed by atoms with Crippen LogP contribution in [0.1, 0.15) is 17.8 Å². The Labute approximate surface area is 167 Å². The second kappa shape index (κ2) is 8.53. The predicted octanol–water partition coefficient (Wildman–Crippen LogP) is 1.86. The number of hydrogen-bond donors (Lipinski definition) is 1. The van der Waals surface area contributed by atoms with E-state index in [1.807, 2.05) is 36.4 Å². The van der Waals surface area contributed by atoms with Gasteiger partial charge < -0.3 is 15.0 Å². The standard InChI is InChI=1S/C19H21ClN6O2/c20-15-4-2-1-3-14(15)13-21-19(27)8-7-17-23-22-16-5-6-18(24-26(16)17)25-9-11-28-12-10-25/h1-6H,7-13H2,(H,21,27). The first-order valence-corrected chi connectivity index (χ1v) is 9.62. The largest absolute Gasteiger partial charge is 0.378 e. The zero-order chi connectivity index (χ0) is 19.3. The lowest BCUT2D eigenvalue weighted by Gasteiger charge is -2.27. The Morgan fingerprint density at radius 1 is 1.14 bits per heavy atom. The zero-order valence-corrected chi connectivity index (χ0v) is 16.1. The average Bonchev–Trinajstić information content (AvgIpc) is 3.14. The third-order valence-corrected chi connectivity index (χ3v) is 5.03. The van der Waals surface area contributed by atoms with Crippen molar-refractivity contribution in [2.24, 2.45) is 0 Å². The monoisotopic (exact) mass is 400 g/mol. The van der Waals surface area contributed by atoms with Crippen LogP contribution in [0.3, 0.4) is 0 Å². The van der Waals surface area contributed by atoms with Gasteiger partial charge in [-0.2, -0.15) is 4.52 Å². The van der Waals surface area contributed by atoms with Crippen molar-refractivity contribution in [2.75, 3.05) is 31.2 Å². The van der Waals surface area contributed by atoms with Crippen molar-refractivity contribution in [1.29, 1.82) is 0 Å². The highest BCUT2D eigenvalue weighted by Gasteiger charge is 2.15. The SMILES string of the molecule is O=C(CCc1nnc2ccc(N3CCOCC3)nn12)NCc1ccccc1Cl. The van der Waals surface area contributed by atoms with E-state index in [-0.39, 0.29) is 5.91 Å². The van der Waals surface area contributed by atoms with E-state index in [0.717, 1.165) is 24.5 Å². The van der Waals surface area contributed by atoms with Crippen LogP contribution in [0, 0.1) is 0 Å². The molecule has 28 heavy (non-hydrogen) atoms. The molecule has 1 aliphatic rings. The molecule has 1 aliphatic heterocycles. The number of aromatic nitrogens is 4. The van der Waals surface area contributed by atoms with Crippen molar-refractivity contribution in [3.63, 3.8) is 0 Å². The number of hydrogen-bond acceptors (Lipinski definition) is 6. The molecular weight excluding hydrogens is 380 g/mol. The number of amides is 1. The maximum atomic E-state index is 12.2. The third kappa shape index (κ3) is 4.23. The normalized spacial score (nSPS) is 14.4. The molecule has 0 bridgehead atoms. The number of benzene rings is 1. The lowest BCUT2D eigenvalue weighted by molar-refractivity contribution is -0.121. The first kappa shape index (κ1) is 18.6. The topological polar surface area (TPSA) is 84.7 Å². The van der Waals surface area contributed by atoms with Crippen LogP contribution in [0.25, 0.3) is 5.65 Å². The minimum atomic E-state index is -0.0685. The van der Waals surface area contributed by atoms with E-state index in [1.165, 1.54) is 0 Å². The van der Waals surface area contributed by atoms with E-state index in [1.54, 1.807) is 4.52 Å². The van der Waals surface area contributed by atoms with Crippen molar-refractivity contribution in [3.05, 3.63) is 52.8 Å². The van der Waals surface area contributed by atoms with E-state index in [4.69, 9.17) is 16.3 Å². The molecule has 1 fully saturated rings. The third-order valence-electron chi connectivity index (χ3n) is 4.66. The van der Waals surface area contributed by atoms with Crippen molar-refractivity contribution in [1.82, 2.24) is 25.1 Å². The highest BCUT2D eigenvalue weighted by molar-refractivity contribution is 6.31. The summed E-state index contributed by atoms with van der Waals surface area (Å²) in [6, 6.07) is 11.3. The van der Waals surface area contributed by atoms with Gasteiger partial charge in [0.05, 0.1) is 13.2 Å². The number of fused-ring (bicyclic) bond motifs is 1. The van der Waals surface area contributed by atoms with E-state index < -0.39 is 0 Å². The molecule has 9 heteroatoms. The molecule has 3 aromatic rings. The Morgan fingerprint density at radius 2 is 1.96 bits per heavy atom. The van der Waals surface area contributed by atoms with Crippen LogP contribution in [-0.4, -0.2) is 52.0 Å². The van der Waals surface area contributed by atoms with E-state index in [9.17, 15) is 4.79 Å². The van der Waals surface area contributed by atoms with Gasteiger partial charge in [-0.25, -0.2) is 0 Å². The van der Waals surface area contributed by atoms with Crippen LogP contribution in [0.15, 0.2) is 36.4 Å². The van der Waals surface area contributed by atoms with E-state index in [2.05, 4.69) is 25.5 Å². The van der Waals surface area contributed by atoms with Crippen LogP contribution < -0.4 is 10.2 Å². The minimum Gasteiger partial charge on any atom is -0.378 e. The maximum absolute atomic E-state index is 12.2. The van der Waals surface area contributed by atoms with Gasteiger partial charge in [0.15, 0.2) is 11.5 Å². The number of aryl methyl sites for hydroxylation is 1. The number of morpholine rings is 1. The molecule has 0 atom stereocenters. The smallest absolute Gasteiger partial charge is 0.220 e. The highest BCUT2D eigenvalue weighted by Crippen LogP contribution is 2.15. The molecule has 0 spiro atoms. The molecule has 0 unspecified atom stereocenters. The summed E-state index contributed by atoms with van der Waals surface area (Å²) in [5.74, 6) is 1.46. The average molecular weight is 401 g/mol. The molecule has 0 radical (unpaired) electrons.